The fourth-order valence-electron chi connectivity index (χ4n) is 4.83. The van der Waals surface area contributed by atoms with Crippen LogP contribution in [-0.2, 0) is 15.0 Å². The van der Waals surface area contributed by atoms with Crippen molar-refractivity contribution in [3.05, 3.63) is 70.0 Å². The smallest absolute Gasteiger partial charge is 0.247 e. The summed E-state index contributed by atoms with van der Waals surface area (Å²) in [6.07, 6.45) is 5.38. The van der Waals surface area contributed by atoms with Crippen molar-refractivity contribution in [1.29, 1.82) is 0 Å². The lowest BCUT2D eigenvalue weighted by atomic mass is 9.83. The molecule has 0 fully saturated rings. The summed E-state index contributed by atoms with van der Waals surface area (Å²) in [7, 11) is 0. The number of hydrogen-bond acceptors (Lipinski definition) is 3. The van der Waals surface area contributed by atoms with Gasteiger partial charge in [-0.15, -0.1) is 0 Å². The first-order valence-corrected chi connectivity index (χ1v) is 12.4. The summed E-state index contributed by atoms with van der Waals surface area (Å²) in [4.78, 5) is 32.2. The molecule has 3 heterocycles. The first kappa shape index (κ1) is 25.3. The van der Waals surface area contributed by atoms with Crippen molar-refractivity contribution in [3.8, 4) is 0 Å². The molecule has 2 aliphatic rings. The van der Waals surface area contributed by atoms with E-state index in [4.69, 9.17) is 11.6 Å². The molecule has 0 saturated carbocycles. The Labute approximate surface area is 209 Å². The second-order valence-electron chi connectivity index (χ2n) is 10.1. The molecule has 2 bridgehead atoms. The number of aromatic nitrogens is 1. The second-order valence-corrected chi connectivity index (χ2v) is 10.5. The molecule has 35 heavy (non-hydrogen) atoms. The van der Waals surface area contributed by atoms with E-state index in [-0.39, 0.29) is 39.8 Å². The maximum Gasteiger partial charge on any atom is 0.247 e. The Bertz CT molecular complexity index is 1180. The number of hydrogen-bond donors (Lipinski definition) is 1. The third-order valence-corrected chi connectivity index (χ3v) is 7.41. The Morgan fingerprint density at radius 2 is 1.94 bits per heavy atom. The van der Waals surface area contributed by atoms with Crippen molar-refractivity contribution in [2.45, 2.75) is 57.9 Å². The van der Waals surface area contributed by atoms with E-state index in [9.17, 15) is 18.4 Å². The number of rotatable bonds is 2. The third-order valence-electron chi connectivity index (χ3n) is 7.11. The first-order chi connectivity index (χ1) is 16.6. The molecule has 0 radical (unpaired) electrons. The quantitative estimate of drug-likeness (QED) is 0.546. The molecule has 8 heteroatoms. The van der Waals surface area contributed by atoms with E-state index in [2.05, 4.69) is 24.1 Å². The van der Waals surface area contributed by atoms with Crippen molar-refractivity contribution in [2.24, 2.45) is 5.92 Å². The van der Waals surface area contributed by atoms with Gasteiger partial charge in [-0.2, -0.15) is 0 Å². The number of nitrogens with zero attached hydrogens (tertiary/aromatic N) is 2. The van der Waals surface area contributed by atoms with Gasteiger partial charge in [-0.3, -0.25) is 14.6 Å². The Morgan fingerprint density at radius 1 is 1.17 bits per heavy atom. The van der Waals surface area contributed by atoms with Crippen molar-refractivity contribution < 1.29 is 18.4 Å². The van der Waals surface area contributed by atoms with Crippen LogP contribution in [0.3, 0.4) is 0 Å². The van der Waals surface area contributed by atoms with E-state index >= 15 is 0 Å². The first-order valence-electron chi connectivity index (χ1n) is 12.0. The molecule has 5 nitrogen and oxygen atoms in total. The maximum absolute atomic E-state index is 14.6. The summed E-state index contributed by atoms with van der Waals surface area (Å²) >= 11 is 5.86. The monoisotopic (exact) mass is 501 g/mol. The molecule has 0 aliphatic carbocycles. The zero-order chi connectivity index (χ0) is 25.3. The Hall–Kier alpha value is -2.80. The largest absolute Gasteiger partial charge is 0.355 e. The van der Waals surface area contributed by atoms with Crippen LogP contribution in [0.25, 0.3) is 5.57 Å². The number of nitrogens with one attached hydrogen (secondary N) is 1. The average Bonchev–Trinajstić information content (AvgIpc) is 2.83. The Balaban J connectivity index is 1.69. The number of amides is 2. The number of pyridine rings is 1. The van der Waals surface area contributed by atoms with Gasteiger partial charge in [0.05, 0.1) is 22.3 Å². The van der Waals surface area contributed by atoms with E-state index in [1.54, 1.807) is 11.1 Å². The topological polar surface area (TPSA) is 62.3 Å². The average molecular weight is 502 g/mol. The van der Waals surface area contributed by atoms with Crippen LogP contribution < -0.4 is 5.32 Å². The van der Waals surface area contributed by atoms with Crippen molar-refractivity contribution in [2.75, 3.05) is 13.1 Å². The van der Waals surface area contributed by atoms with Crippen LogP contribution in [0.1, 0.15) is 69.3 Å². The number of carbonyl (C=O) groups excluding carboxylic acids is 2. The van der Waals surface area contributed by atoms with Gasteiger partial charge in [0.2, 0.25) is 11.8 Å². The Kier molecular flexibility index (Phi) is 7.27. The third kappa shape index (κ3) is 5.25. The fraction of sp³-hybridized carbons (Fsp3) is 0.444. The highest BCUT2D eigenvalue weighted by atomic mass is 35.5. The molecule has 1 aromatic carbocycles. The highest BCUT2D eigenvalue weighted by Gasteiger charge is 2.32. The predicted molar refractivity (Wildman–Crippen MR) is 132 cm³/mol. The number of halogens is 3. The molecule has 0 spiro atoms. The summed E-state index contributed by atoms with van der Waals surface area (Å²) in [6.45, 7) is 6.83. The van der Waals surface area contributed by atoms with E-state index < -0.39 is 11.6 Å². The van der Waals surface area contributed by atoms with Crippen LogP contribution in [0.2, 0.25) is 5.02 Å². The minimum atomic E-state index is -0.853. The van der Waals surface area contributed by atoms with Crippen molar-refractivity contribution in [3.63, 3.8) is 0 Å². The van der Waals surface area contributed by atoms with E-state index in [1.807, 2.05) is 19.1 Å². The standard InChI is InChI=1S/C27H30ClF2N3O2/c1-16-5-4-6-22(21-14-18(9-11-31-21)27(2,3)15-32-26(16)35)33-12-10-17(13-23(33)34)24-20(29)8-7-19(28)25(24)30/h7-9,11,13-14,16,22H,4-6,10,12,15H2,1-3H3,(H,32,35). The van der Waals surface area contributed by atoms with Crippen molar-refractivity contribution >= 4 is 29.0 Å². The minimum Gasteiger partial charge on any atom is -0.355 e. The summed E-state index contributed by atoms with van der Waals surface area (Å²) < 4.78 is 29.0. The molecule has 1 aromatic heterocycles. The zero-order valence-electron chi connectivity index (χ0n) is 20.2. The molecule has 1 N–H and O–H groups in total. The molecule has 186 valence electrons. The maximum atomic E-state index is 14.6. The molecule has 2 unspecified atom stereocenters. The van der Waals surface area contributed by atoms with Gasteiger partial charge < -0.3 is 10.2 Å². The van der Waals surface area contributed by atoms with E-state index in [0.717, 1.165) is 23.7 Å². The minimum absolute atomic E-state index is 0.0247. The molecule has 2 aliphatic heterocycles. The Morgan fingerprint density at radius 3 is 2.69 bits per heavy atom. The van der Waals surface area contributed by atoms with E-state index in [1.165, 1.54) is 12.1 Å². The molecule has 2 aromatic rings. The molecule has 4 rings (SSSR count). The predicted octanol–water partition coefficient (Wildman–Crippen LogP) is 5.58. The SMILES string of the molecule is CC1CCCC(N2CCC(c3c(F)ccc(Cl)c3F)=CC2=O)c2cc(ccn2)C(C)(C)CNC1=O. The number of benzene rings is 1. The summed E-state index contributed by atoms with van der Waals surface area (Å²) in [6, 6.07) is 5.91. The highest BCUT2D eigenvalue weighted by molar-refractivity contribution is 6.31. The zero-order valence-corrected chi connectivity index (χ0v) is 21.0. The lowest BCUT2D eigenvalue weighted by Crippen LogP contribution is -2.40. The molecule has 2 amide bonds. The van der Waals surface area contributed by atoms with Crippen LogP contribution in [0.4, 0.5) is 8.78 Å². The molecule has 0 saturated heterocycles. The van der Waals surface area contributed by atoms with Crippen LogP contribution >= 0.6 is 11.6 Å². The lowest BCUT2D eigenvalue weighted by Gasteiger charge is -2.35. The highest BCUT2D eigenvalue weighted by Crippen LogP contribution is 2.36. The van der Waals surface area contributed by atoms with Crippen LogP contribution in [0, 0.1) is 17.6 Å². The van der Waals surface area contributed by atoms with Gasteiger partial charge in [-0.05, 0) is 54.7 Å². The van der Waals surface area contributed by atoms with Crippen LogP contribution in [0.15, 0.2) is 36.5 Å². The summed E-state index contributed by atoms with van der Waals surface area (Å²) in [5.41, 5.74) is 1.53. The van der Waals surface area contributed by atoms with Crippen molar-refractivity contribution in [1.82, 2.24) is 15.2 Å². The van der Waals surface area contributed by atoms with E-state index in [0.29, 0.717) is 37.9 Å². The van der Waals surface area contributed by atoms with Crippen LogP contribution in [-0.4, -0.2) is 34.8 Å². The second kappa shape index (κ2) is 10.1. The summed E-state index contributed by atoms with van der Waals surface area (Å²) in [5.74, 6) is -2.03. The van der Waals surface area contributed by atoms with Gasteiger partial charge in [0.15, 0.2) is 5.82 Å². The van der Waals surface area contributed by atoms with Gasteiger partial charge in [0.25, 0.3) is 0 Å². The van der Waals surface area contributed by atoms with Gasteiger partial charge in [-0.1, -0.05) is 38.8 Å². The number of carbonyl (C=O) groups is 2. The fourth-order valence-corrected chi connectivity index (χ4v) is 4.99. The number of fused-ring (bicyclic) bond motifs is 2. The molecular formula is C27H30ClF2N3O2. The van der Waals surface area contributed by atoms with Gasteiger partial charge in [0.1, 0.15) is 5.82 Å². The normalized spacial score (nSPS) is 23.1. The molecular weight excluding hydrogens is 472 g/mol. The summed E-state index contributed by atoms with van der Waals surface area (Å²) in [5, 5.41) is 2.88. The van der Waals surface area contributed by atoms with Gasteiger partial charge in [0, 0.05) is 36.7 Å². The molecule has 2 atom stereocenters. The van der Waals surface area contributed by atoms with Gasteiger partial charge in [-0.25, -0.2) is 8.78 Å². The van der Waals surface area contributed by atoms with Gasteiger partial charge >= 0.3 is 0 Å². The van der Waals surface area contributed by atoms with Crippen LogP contribution in [0.5, 0.6) is 0 Å². The lowest BCUT2D eigenvalue weighted by molar-refractivity contribution is -0.129.